The van der Waals surface area contributed by atoms with Gasteiger partial charge >= 0.3 is 5.97 Å². The summed E-state index contributed by atoms with van der Waals surface area (Å²) < 4.78 is 0. The zero-order valence-corrected chi connectivity index (χ0v) is 9.00. The second-order valence-electron chi connectivity index (χ2n) is 5.65. The number of hydrogen-bond donors (Lipinski definition) is 2. The molecule has 3 atom stereocenters. The smallest absolute Gasteiger partial charge is 0.310 e. The molecule has 2 rings (SSSR count). The summed E-state index contributed by atoms with van der Waals surface area (Å²) in [6.45, 7) is 6.00. The highest BCUT2D eigenvalue weighted by atomic mass is 16.4. The molecule has 0 aliphatic heterocycles. The van der Waals surface area contributed by atoms with E-state index in [1.807, 2.05) is 20.8 Å². The Morgan fingerprint density at radius 1 is 1.29 bits per heavy atom. The van der Waals surface area contributed by atoms with Crippen molar-refractivity contribution in [2.24, 2.45) is 16.2 Å². The first-order chi connectivity index (χ1) is 6.28. The van der Waals surface area contributed by atoms with E-state index in [0.717, 1.165) is 6.42 Å². The molecule has 3 nitrogen and oxygen atoms in total. The molecular formula is C11H18O3. The molecule has 2 N–H and O–H groups in total. The van der Waals surface area contributed by atoms with Gasteiger partial charge in [-0.25, -0.2) is 0 Å². The van der Waals surface area contributed by atoms with E-state index in [9.17, 15) is 15.0 Å². The average molecular weight is 198 g/mol. The molecule has 0 amide bonds. The van der Waals surface area contributed by atoms with E-state index in [-0.39, 0.29) is 10.8 Å². The molecule has 3 heteroatoms. The summed E-state index contributed by atoms with van der Waals surface area (Å²) in [5.74, 6) is -0.734. The number of carboxylic acid groups (broad SMARTS) is 1. The summed E-state index contributed by atoms with van der Waals surface area (Å²) >= 11 is 0. The van der Waals surface area contributed by atoms with Gasteiger partial charge in [-0.2, -0.15) is 0 Å². The summed E-state index contributed by atoms with van der Waals surface area (Å²) in [5, 5.41) is 19.3. The standard InChI is InChI=1S/C11H18O3/c1-9(2)10(3)4-5-11(9,8(13)14)6-7(10)12/h7,12H,4-6H2,1-3H3,(H,13,14)/t7-,10-,11+/m0/s1. The zero-order valence-electron chi connectivity index (χ0n) is 9.00. The van der Waals surface area contributed by atoms with Crippen molar-refractivity contribution >= 4 is 5.97 Å². The van der Waals surface area contributed by atoms with Crippen LogP contribution >= 0.6 is 0 Å². The minimum absolute atomic E-state index is 0.217. The van der Waals surface area contributed by atoms with Crippen molar-refractivity contribution in [1.29, 1.82) is 0 Å². The lowest BCUT2D eigenvalue weighted by Gasteiger charge is -2.38. The first kappa shape index (κ1) is 9.97. The number of rotatable bonds is 1. The van der Waals surface area contributed by atoms with E-state index in [4.69, 9.17) is 0 Å². The van der Waals surface area contributed by atoms with Crippen molar-refractivity contribution in [1.82, 2.24) is 0 Å². The molecule has 2 fully saturated rings. The normalized spacial score (nSPS) is 49.6. The lowest BCUT2D eigenvalue weighted by atomic mass is 9.65. The van der Waals surface area contributed by atoms with Crippen LogP contribution in [0.25, 0.3) is 0 Å². The fourth-order valence-corrected chi connectivity index (χ4v) is 3.60. The second-order valence-corrected chi connectivity index (χ2v) is 5.65. The number of aliphatic hydroxyl groups is 1. The number of carboxylic acids is 1. The highest BCUT2D eigenvalue weighted by molar-refractivity contribution is 5.77. The topological polar surface area (TPSA) is 57.5 Å². The molecule has 80 valence electrons. The van der Waals surface area contributed by atoms with Crippen molar-refractivity contribution in [2.75, 3.05) is 0 Å². The Kier molecular flexibility index (Phi) is 1.65. The van der Waals surface area contributed by atoms with Crippen molar-refractivity contribution in [3.63, 3.8) is 0 Å². The predicted octanol–water partition coefficient (Wildman–Crippen LogP) is 1.65. The highest BCUT2D eigenvalue weighted by Crippen LogP contribution is 2.72. The van der Waals surface area contributed by atoms with Gasteiger partial charge < -0.3 is 10.2 Å². The maximum Gasteiger partial charge on any atom is 0.310 e. The Morgan fingerprint density at radius 2 is 1.86 bits per heavy atom. The summed E-state index contributed by atoms with van der Waals surface area (Å²) in [4.78, 5) is 11.4. The molecule has 0 aromatic carbocycles. The van der Waals surface area contributed by atoms with Gasteiger partial charge in [0.05, 0.1) is 11.5 Å². The fraction of sp³-hybridized carbons (Fsp3) is 0.909. The molecular weight excluding hydrogens is 180 g/mol. The van der Waals surface area contributed by atoms with Crippen LogP contribution in [0.5, 0.6) is 0 Å². The van der Waals surface area contributed by atoms with E-state index in [1.54, 1.807) is 0 Å². The Morgan fingerprint density at radius 3 is 2.07 bits per heavy atom. The summed E-state index contributed by atoms with van der Waals surface area (Å²) in [7, 11) is 0. The van der Waals surface area contributed by atoms with Gasteiger partial charge in [-0.05, 0) is 30.1 Å². The van der Waals surface area contributed by atoms with Gasteiger partial charge in [0, 0.05) is 0 Å². The Balaban J connectivity index is 2.54. The van der Waals surface area contributed by atoms with Gasteiger partial charge in [-0.1, -0.05) is 20.8 Å². The van der Waals surface area contributed by atoms with E-state index in [1.165, 1.54) is 0 Å². The minimum Gasteiger partial charge on any atom is -0.481 e. The van der Waals surface area contributed by atoms with E-state index in [2.05, 4.69) is 0 Å². The van der Waals surface area contributed by atoms with Crippen LogP contribution in [0, 0.1) is 16.2 Å². The van der Waals surface area contributed by atoms with E-state index < -0.39 is 17.5 Å². The highest BCUT2D eigenvalue weighted by Gasteiger charge is 2.72. The van der Waals surface area contributed by atoms with Crippen molar-refractivity contribution in [3.05, 3.63) is 0 Å². The Labute approximate surface area is 84.1 Å². The molecule has 0 radical (unpaired) electrons. The lowest BCUT2D eigenvalue weighted by Crippen LogP contribution is -2.40. The third kappa shape index (κ3) is 0.724. The van der Waals surface area contributed by atoms with Crippen LogP contribution < -0.4 is 0 Å². The first-order valence-electron chi connectivity index (χ1n) is 5.19. The quantitative estimate of drug-likeness (QED) is 0.673. The molecule has 2 aliphatic carbocycles. The van der Waals surface area contributed by atoms with Crippen LogP contribution in [0.15, 0.2) is 0 Å². The SMILES string of the molecule is CC1(C)[C@]2(C(=O)O)CC[C@@]1(C)[C@@H](O)C2. The van der Waals surface area contributed by atoms with E-state index >= 15 is 0 Å². The lowest BCUT2D eigenvalue weighted by molar-refractivity contribution is -0.154. The van der Waals surface area contributed by atoms with Crippen molar-refractivity contribution in [3.8, 4) is 0 Å². The van der Waals surface area contributed by atoms with Crippen molar-refractivity contribution in [2.45, 2.75) is 46.1 Å². The van der Waals surface area contributed by atoms with Crippen LogP contribution in [0.2, 0.25) is 0 Å². The zero-order chi connectivity index (χ0) is 10.8. The molecule has 0 saturated heterocycles. The number of aliphatic carboxylic acids is 1. The van der Waals surface area contributed by atoms with Gasteiger partial charge in [-0.15, -0.1) is 0 Å². The summed E-state index contributed by atoms with van der Waals surface area (Å²) in [5.41, 5.74) is -1.21. The maximum atomic E-state index is 11.4. The summed E-state index contributed by atoms with van der Waals surface area (Å²) in [6, 6.07) is 0. The Bertz CT molecular complexity index is 297. The first-order valence-corrected chi connectivity index (χ1v) is 5.19. The van der Waals surface area contributed by atoms with Crippen LogP contribution in [0.3, 0.4) is 0 Å². The van der Waals surface area contributed by atoms with Gasteiger partial charge in [0.2, 0.25) is 0 Å². The predicted molar refractivity (Wildman–Crippen MR) is 51.8 cm³/mol. The van der Waals surface area contributed by atoms with Gasteiger partial charge in [0.1, 0.15) is 0 Å². The van der Waals surface area contributed by atoms with Crippen LogP contribution in [0.1, 0.15) is 40.0 Å². The largest absolute Gasteiger partial charge is 0.481 e. The minimum atomic E-state index is -0.734. The summed E-state index contributed by atoms with van der Waals surface area (Å²) in [6.07, 6.45) is 1.50. The number of fused-ring (bicyclic) bond motifs is 2. The van der Waals surface area contributed by atoms with Crippen LogP contribution in [-0.4, -0.2) is 22.3 Å². The number of carbonyl (C=O) groups is 1. The average Bonchev–Trinajstić information content (AvgIpc) is 2.34. The third-order valence-electron chi connectivity index (χ3n) is 5.38. The van der Waals surface area contributed by atoms with Crippen LogP contribution in [-0.2, 0) is 4.79 Å². The van der Waals surface area contributed by atoms with Gasteiger partial charge in [0.25, 0.3) is 0 Å². The number of hydrogen-bond acceptors (Lipinski definition) is 2. The fourth-order valence-electron chi connectivity index (χ4n) is 3.60. The van der Waals surface area contributed by atoms with E-state index in [0.29, 0.717) is 12.8 Å². The molecule has 2 aliphatic rings. The molecule has 2 bridgehead atoms. The monoisotopic (exact) mass is 198 g/mol. The molecule has 0 heterocycles. The molecule has 2 saturated carbocycles. The van der Waals surface area contributed by atoms with Crippen molar-refractivity contribution < 1.29 is 15.0 Å². The molecule has 0 unspecified atom stereocenters. The second kappa shape index (κ2) is 2.32. The number of aliphatic hydroxyl groups excluding tert-OH is 1. The molecule has 0 spiro atoms. The van der Waals surface area contributed by atoms with Crippen LogP contribution in [0.4, 0.5) is 0 Å². The molecule has 0 aromatic rings. The van der Waals surface area contributed by atoms with Gasteiger partial charge in [0.15, 0.2) is 0 Å². The third-order valence-corrected chi connectivity index (χ3v) is 5.38. The van der Waals surface area contributed by atoms with Gasteiger partial charge in [-0.3, -0.25) is 4.79 Å². The Hall–Kier alpha value is -0.570. The molecule has 0 aromatic heterocycles. The maximum absolute atomic E-state index is 11.4. The molecule has 14 heavy (non-hydrogen) atoms.